The molecule has 0 aromatic heterocycles. The van der Waals surface area contributed by atoms with Crippen molar-refractivity contribution >= 4 is 11.9 Å². The summed E-state index contributed by atoms with van der Waals surface area (Å²) in [7, 11) is 0. The van der Waals surface area contributed by atoms with E-state index < -0.39 is 0 Å². The summed E-state index contributed by atoms with van der Waals surface area (Å²) in [5.74, 6) is 0. The Balaban J connectivity index is 0. The molecule has 3 heteroatoms. The van der Waals surface area contributed by atoms with E-state index in [1.54, 1.807) is 0 Å². The fourth-order valence-electron chi connectivity index (χ4n) is 0. The Bertz CT molecular complexity index is 24.8. The Morgan fingerprint density at radius 2 is 1.67 bits per heavy atom. The van der Waals surface area contributed by atoms with Crippen LogP contribution in [0.5, 0.6) is 0 Å². The third-order valence-corrected chi connectivity index (χ3v) is 0.535. The van der Waals surface area contributed by atoms with Crippen molar-refractivity contribution in [1.29, 1.82) is 0 Å². The van der Waals surface area contributed by atoms with Crippen LogP contribution in [0, 0.1) is 0 Å². The van der Waals surface area contributed by atoms with Crippen molar-refractivity contribution in [3.8, 4) is 0 Å². The summed E-state index contributed by atoms with van der Waals surface area (Å²) < 4.78 is 4.22. The fourth-order valence-corrected chi connectivity index (χ4v) is 0. The molecule has 0 aromatic rings. The average molecular weight is 142 g/mol. The van der Waals surface area contributed by atoms with Gasteiger partial charge in [-0.2, -0.15) is 0 Å². The van der Waals surface area contributed by atoms with E-state index in [9.17, 15) is 0 Å². The van der Waals surface area contributed by atoms with E-state index in [0.717, 1.165) is 0 Å². The Labute approximate surface area is 58.1 Å². The van der Waals surface area contributed by atoms with Gasteiger partial charge in [0.25, 0.3) is 0 Å². The maximum Gasteiger partial charge on any atom is 0.0734 e. The molecule has 6 heavy (non-hydrogen) atoms. The van der Waals surface area contributed by atoms with Crippen LogP contribution in [0.1, 0.15) is 13.8 Å². The minimum Gasteiger partial charge on any atom is -0.276 e. The molecule has 36 valence electrons. The smallest absolute Gasteiger partial charge is 0.0734 e. The Morgan fingerprint density at radius 1 is 1.50 bits per heavy atom. The van der Waals surface area contributed by atoms with Gasteiger partial charge in [0, 0.05) is 21.7 Å². The summed E-state index contributed by atoms with van der Waals surface area (Å²) in [4.78, 5) is 0. The van der Waals surface area contributed by atoms with Crippen LogP contribution in [0.2, 0.25) is 0 Å². The first kappa shape index (κ1) is 10.1. The summed E-state index contributed by atoms with van der Waals surface area (Å²) in [6.07, 6.45) is 0.150. The summed E-state index contributed by atoms with van der Waals surface area (Å²) in [6.45, 7) is 3.74. The molecule has 0 unspecified atom stereocenters. The van der Waals surface area contributed by atoms with Gasteiger partial charge in [0.15, 0.2) is 0 Å². The van der Waals surface area contributed by atoms with Gasteiger partial charge in [-0.15, -0.1) is 0 Å². The molecule has 0 aromatic carbocycles. The topological polar surface area (TPSA) is 9.23 Å². The van der Waals surface area contributed by atoms with Gasteiger partial charge in [-0.1, -0.05) is 0 Å². The van der Waals surface area contributed by atoms with Crippen molar-refractivity contribution < 1.29 is 26.0 Å². The molecule has 0 aliphatic heterocycles. The first-order valence-corrected chi connectivity index (χ1v) is 1.85. The maximum atomic E-state index is 4.84. The van der Waals surface area contributed by atoms with E-state index in [0.29, 0.717) is 0 Å². The molecule has 0 radical (unpaired) electrons. The number of hydrogen-bond acceptors (Lipinski definition) is 1. The minimum absolute atomic E-state index is 0. The molecule has 0 aliphatic carbocycles. The first-order chi connectivity index (χ1) is 2.27. The van der Waals surface area contributed by atoms with Crippen molar-refractivity contribution in [1.82, 2.24) is 0 Å². The Kier molecular flexibility index (Phi) is 9.99. The van der Waals surface area contributed by atoms with Gasteiger partial charge in [0.05, 0.1) is 18.0 Å². The molecule has 0 rings (SSSR count). The standard InChI is InChI=1S/C3H7ClO.Ti/c1-3(2)5-4;/h3H,1-2H3;. The number of halogens is 1. The molecule has 0 N–H and O–H groups in total. The van der Waals surface area contributed by atoms with E-state index in [1.807, 2.05) is 13.8 Å². The van der Waals surface area contributed by atoms with Gasteiger partial charge in [0.1, 0.15) is 0 Å². The van der Waals surface area contributed by atoms with Crippen LogP contribution >= 0.6 is 11.9 Å². The van der Waals surface area contributed by atoms with Crippen molar-refractivity contribution in [2.24, 2.45) is 0 Å². The molecule has 0 aliphatic rings. The molecule has 0 atom stereocenters. The second-order valence-electron chi connectivity index (χ2n) is 1.14. The van der Waals surface area contributed by atoms with Gasteiger partial charge in [-0.25, -0.2) is 0 Å². The van der Waals surface area contributed by atoms with Gasteiger partial charge < -0.3 is 0 Å². The second kappa shape index (κ2) is 5.96. The van der Waals surface area contributed by atoms with E-state index in [-0.39, 0.29) is 27.8 Å². The molecule has 0 bridgehead atoms. The zero-order valence-electron chi connectivity index (χ0n) is 3.86. The van der Waals surface area contributed by atoms with Crippen molar-refractivity contribution in [2.45, 2.75) is 20.0 Å². The van der Waals surface area contributed by atoms with Gasteiger partial charge in [-0.05, 0) is 13.8 Å². The van der Waals surface area contributed by atoms with Crippen LogP contribution in [0.4, 0.5) is 0 Å². The number of hydrogen-bond donors (Lipinski definition) is 0. The SMILES string of the molecule is CC(C)OCl.[Ti]. The van der Waals surface area contributed by atoms with Crippen LogP contribution < -0.4 is 0 Å². The summed E-state index contributed by atoms with van der Waals surface area (Å²) in [5, 5.41) is 0. The second-order valence-corrected chi connectivity index (χ2v) is 1.32. The molecular formula is C3H7ClOTi. The summed E-state index contributed by atoms with van der Waals surface area (Å²) in [6, 6.07) is 0. The zero-order valence-corrected chi connectivity index (χ0v) is 6.18. The largest absolute Gasteiger partial charge is 0.276 e. The molecule has 0 saturated heterocycles. The van der Waals surface area contributed by atoms with Crippen LogP contribution in [-0.4, -0.2) is 6.10 Å². The van der Waals surface area contributed by atoms with Crippen LogP contribution in [0.15, 0.2) is 0 Å². The van der Waals surface area contributed by atoms with E-state index >= 15 is 0 Å². The van der Waals surface area contributed by atoms with Gasteiger partial charge >= 0.3 is 0 Å². The molecule has 0 heterocycles. The number of rotatable bonds is 1. The average Bonchev–Trinajstić information content (AvgIpc) is 1.38. The molecule has 0 saturated carbocycles. The molecule has 0 spiro atoms. The quantitative estimate of drug-likeness (QED) is 0.505. The van der Waals surface area contributed by atoms with Gasteiger partial charge in [0.2, 0.25) is 0 Å². The first-order valence-electron chi connectivity index (χ1n) is 1.54. The third kappa shape index (κ3) is 8.88. The molecule has 0 fully saturated rings. The Morgan fingerprint density at radius 3 is 1.67 bits per heavy atom. The normalized spacial score (nSPS) is 8.00. The van der Waals surface area contributed by atoms with Crippen molar-refractivity contribution in [2.75, 3.05) is 0 Å². The monoisotopic (exact) mass is 142 g/mol. The van der Waals surface area contributed by atoms with Gasteiger partial charge in [-0.3, -0.25) is 4.29 Å². The Hall–Kier alpha value is 0.964. The summed E-state index contributed by atoms with van der Waals surface area (Å²) >= 11 is 4.84. The van der Waals surface area contributed by atoms with E-state index in [1.165, 1.54) is 0 Å². The zero-order chi connectivity index (χ0) is 4.28. The molecule has 1 nitrogen and oxygen atoms in total. The van der Waals surface area contributed by atoms with Crippen molar-refractivity contribution in [3.63, 3.8) is 0 Å². The predicted molar refractivity (Wildman–Crippen MR) is 22.1 cm³/mol. The molecule has 0 amide bonds. The van der Waals surface area contributed by atoms with E-state index in [2.05, 4.69) is 4.29 Å². The van der Waals surface area contributed by atoms with E-state index in [4.69, 9.17) is 11.9 Å². The predicted octanol–water partition coefficient (Wildman–Crippen LogP) is 1.56. The summed E-state index contributed by atoms with van der Waals surface area (Å²) in [5.41, 5.74) is 0. The van der Waals surface area contributed by atoms with Crippen LogP contribution in [0.25, 0.3) is 0 Å². The van der Waals surface area contributed by atoms with Crippen molar-refractivity contribution in [3.05, 3.63) is 0 Å². The minimum atomic E-state index is 0. The fraction of sp³-hybridized carbons (Fsp3) is 1.00. The maximum absolute atomic E-state index is 4.84. The third-order valence-electron chi connectivity index (χ3n) is 0.178. The van der Waals surface area contributed by atoms with Crippen LogP contribution in [0.3, 0.4) is 0 Å². The van der Waals surface area contributed by atoms with Crippen LogP contribution in [-0.2, 0) is 26.0 Å². The molecular weight excluding hydrogens is 135 g/mol.